The van der Waals surface area contributed by atoms with Crippen molar-refractivity contribution in [2.75, 3.05) is 52.1 Å². The normalized spacial score (nSPS) is 15.1. The third-order valence-electron chi connectivity index (χ3n) is 3.02. The molecule has 0 aromatic carbocycles. The Morgan fingerprint density at radius 3 is 1.53 bits per heavy atom. The number of carboxylic acids is 4. The van der Waals surface area contributed by atoms with Crippen LogP contribution in [-0.4, -0.2) is 121 Å². The van der Waals surface area contributed by atoms with Gasteiger partial charge in [-0.2, -0.15) is 21.6 Å². The second kappa shape index (κ2) is 13.7. The van der Waals surface area contributed by atoms with Crippen LogP contribution >= 0.6 is 0 Å². The third kappa shape index (κ3) is 18.8. The molecule has 1 fully saturated rings. The molecule has 176 valence electrons. The van der Waals surface area contributed by atoms with E-state index < -0.39 is 52.5 Å². The quantitative estimate of drug-likeness (QED) is 0.266. The van der Waals surface area contributed by atoms with Gasteiger partial charge in [0, 0.05) is 32.7 Å². The highest BCUT2D eigenvalue weighted by Crippen LogP contribution is 2.16. The van der Waals surface area contributed by atoms with Gasteiger partial charge < -0.3 is 25.3 Å². The summed E-state index contributed by atoms with van der Waals surface area (Å²) in [6.07, 6.45) is -4.62. The molecule has 17 heteroatoms. The standard InChI is InChI=1S/C9H17F3N2O3S.2C2H2O4/c1-13-2-4-14(5-3-13)6-7-18(15,16)17-8-9(10,11)12;2*3-1(4)2(5)6/h2-8H2,1H3;2*(H,3,4)(H,5,6). The molecule has 0 saturated carbocycles. The summed E-state index contributed by atoms with van der Waals surface area (Å²) < 4.78 is 61.8. The molecule has 0 bridgehead atoms. The first-order valence-electron chi connectivity index (χ1n) is 7.74. The van der Waals surface area contributed by atoms with Crippen LogP contribution in [-0.2, 0) is 33.5 Å². The monoisotopic (exact) mass is 470 g/mol. The largest absolute Gasteiger partial charge is 0.473 e. The van der Waals surface area contributed by atoms with Crippen molar-refractivity contribution in [1.82, 2.24) is 9.80 Å². The molecule has 1 aliphatic rings. The summed E-state index contributed by atoms with van der Waals surface area (Å²) in [5, 5.41) is 29.6. The van der Waals surface area contributed by atoms with E-state index in [1.54, 1.807) is 0 Å². The maximum atomic E-state index is 11.8. The summed E-state index contributed by atoms with van der Waals surface area (Å²) in [6.45, 7) is 1.52. The lowest BCUT2D eigenvalue weighted by Crippen LogP contribution is -2.46. The van der Waals surface area contributed by atoms with Crippen molar-refractivity contribution in [3.05, 3.63) is 0 Å². The van der Waals surface area contributed by atoms with Crippen LogP contribution in [0.4, 0.5) is 13.2 Å². The zero-order valence-electron chi connectivity index (χ0n) is 15.5. The number of halogens is 3. The second-order valence-electron chi connectivity index (χ2n) is 5.50. The van der Waals surface area contributed by atoms with Crippen molar-refractivity contribution in [2.45, 2.75) is 6.18 Å². The lowest BCUT2D eigenvalue weighted by atomic mass is 10.3. The van der Waals surface area contributed by atoms with E-state index in [1.807, 2.05) is 11.9 Å². The van der Waals surface area contributed by atoms with E-state index in [1.165, 1.54) is 0 Å². The van der Waals surface area contributed by atoms with Crippen LogP contribution in [0, 0.1) is 0 Å². The second-order valence-corrected chi connectivity index (χ2v) is 7.26. The molecular formula is C13H21F3N2O11S. The number of carboxylic acid groups (broad SMARTS) is 4. The Morgan fingerprint density at radius 2 is 1.23 bits per heavy atom. The van der Waals surface area contributed by atoms with Crippen LogP contribution in [0.3, 0.4) is 0 Å². The minimum atomic E-state index is -4.62. The van der Waals surface area contributed by atoms with E-state index in [0.29, 0.717) is 13.1 Å². The first-order valence-corrected chi connectivity index (χ1v) is 9.31. The zero-order chi connectivity index (χ0) is 24.1. The fourth-order valence-corrected chi connectivity index (χ4v) is 2.44. The molecule has 1 aliphatic heterocycles. The van der Waals surface area contributed by atoms with E-state index in [-0.39, 0.29) is 6.54 Å². The smallest absolute Gasteiger partial charge is 0.414 e. The van der Waals surface area contributed by atoms with Gasteiger partial charge in [0.25, 0.3) is 10.1 Å². The molecule has 0 atom stereocenters. The van der Waals surface area contributed by atoms with Crippen molar-refractivity contribution in [1.29, 1.82) is 0 Å². The van der Waals surface area contributed by atoms with E-state index in [0.717, 1.165) is 13.1 Å². The molecule has 0 spiro atoms. The van der Waals surface area contributed by atoms with E-state index in [2.05, 4.69) is 9.08 Å². The number of rotatable bonds is 5. The minimum Gasteiger partial charge on any atom is -0.473 e. The number of carbonyl (C=O) groups is 4. The summed E-state index contributed by atoms with van der Waals surface area (Å²) >= 11 is 0. The highest BCUT2D eigenvalue weighted by atomic mass is 32.2. The topological polar surface area (TPSA) is 199 Å². The third-order valence-corrected chi connectivity index (χ3v) is 4.18. The van der Waals surface area contributed by atoms with Crippen LogP contribution in [0.2, 0.25) is 0 Å². The Morgan fingerprint density at radius 1 is 0.867 bits per heavy atom. The minimum absolute atomic E-state index is 0.202. The predicted octanol–water partition coefficient (Wildman–Crippen LogP) is -1.55. The van der Waals surface area contributed by atoms with Crippen molar-refractivity contribution in [3.8, 4) is 0 Å². The average molecular weight is 470 g/mol. The van der Waals surface area contributed by atoms with Gasteiger partial charge in [0.1, 0.15) is 0 Å². The molecule has 13 nitrogen and oxygen atoms in total. The summed E-state index contributed by atoms with van der Waals surface area (Å²) in [7, 11) is -2.14. The predicted molar refractivity (Wildman–Crippen MR) is 90.3 cm³/mol. The molecule has 4 N–H and O–H groups in total. The summed E-state index contributed by atoms with van der Waals surface area (Å²) in [5.41, 5.74) is 0. The number of hydrogen-bond donors (Lipinski definition) is 4. The molecule has 0 unspecified atom stereocenters. The molecule has 1 saturated heterocycles. The Bertz CT molecular complexity index is 641. The first kappa shape index (κ1) is 29.7. The SMILES string of the molecule is CN1CCN(CCS(=O)(=O)OCC(F)(F)F)CC1.O=C(O)C(=O)O.O=C(O)C(=O)O. The number of likely N-dealkylation sites (N-methyl/N-ethyl adjacent to an activating group) is 1. The van der Waals surface area contributed by atoms with E-state index in [9.17, 15) is 21.6 Å². The van der Waals surface area contributed by atoms with Crippen LogP contribution in [0.5, 0.6) is 0 Å². The first-order chi connectivity index (χ1) is 13.5. The van der Waals surface area contributed by atoms with Crippen molar-refractivity contribution in [3.63, 3.8) is 0 Å². The Hall–Kier alpha value is -2.50. The van der Waals surface area contributed by atoms with Crippen LogP contribution in [0.25, 0.3) is 0 Å². The Kier molecular flexibility index (Phi) is 13.5. The number of hydrogen-bond acceptors (Lipinski definition) is 9. The molecule has 30 heavy (non-hydrogen) atoms. The number of nitrogens with zero attached hydrogens (tertiary/aromatic N) is 2. The summed E-state index contributed by atoms with van der Waals surface area (Å²) in [5.74, 6) is -7.71. The van der Waals surface area contributed by atoms with Crippen molar-refractivity contribution < 1.29 is 65.4 Å². The number of piperazine rings is 1. The molecule has 0 radical (unpaired) electrons. The molecule has 0 aromatic rings. The van der Waals surface area contributed by atoms with Crippen molar-refractivity contribution >= 4 is 34.0 Å². The molecule has 1 rings (SSSR count). The molecule has 0 aromatic heterocycles. The lowest BCUT2D eigenvalue weighted by molar-refractivity contribution is -0.159. The molecule has 0 amide bonds. The highest BCUT2D eigenvalue weighted by molar-refractivity contribution is 7.86. The van der Waals surface area contributed by atoms with Crippen molar-refractivity contribution in [2.24, 2.45) is 0 Å². The number of aliphatic carboxylic acids is 4. The average Bonchev–Trinajstić information content (AvgIpc) is 2.60. The van der Waals surface area contributed by atoms with Gasteiger partial charge in [-0.05, 0) is 7.05 Å². The van der Waals surface area contributed by atoms with Gasteiger partial charge in [-0.15, -0.1) is 0 Å². The molecule has 1 heterocycles. The van der Waals surface area contributed by atoms with Gasteiger partial charge in [0.05, 0.1) is 5.75 Å². The fourth-order valence-electron chi connectivity index (χ4n) is 1.53. The van der Waals surface area contributed by atoms with E-state index >= 15 is 0 Å². The Balaban J connectivity index is 0. The zero-order valence-corrected chi connectivity index (χ0v) is 16.3. The lowest BCUT2D eigenvalue weighted by Gasteiger charge is -2.32. The maximum absolute atomic E-state index is 11.8. The van der Waals surface area contributed by atoms with Gasteiger partial charge >= 0.3 is 30.1 Å². The van der Waals surface area contributed by atoms with Crippen LogP contribution in [0.1, 0.15) is 0 Å². The van der Waals surface area contributed by atoms with Gasteiger partial charge in [-0.3, -0.25) is 9.08 Å². The fraction of sp³-hybridized carbons (Fsp3) is 0.692. The summed E-state index contributed by atoms with van der Waals surface area (Å²) in [4.78, 5) is 40.4. The van der Waals surface area contributed by atoms with Crippen LogP contribution in [0.15, 0.2) is 0 Å². The molecular weight excluding hydrogens is 449 g/mol. The van der Waals surface area contributed by atoms with Gasteiger partial charge in [0.2, 0.25) is 0 Å². The van der Waals surface area contributed by atoms with Crippen LogP contribution < -0.4 is 0 Å². The van der Waals surface area contributed by atoms with Gasteiger partial charge in [0.15, 0.2) is 6.61 Å². The van der Waals surface area contributed by atoms with Gasteiger partial charge in [-0.25, -0.2) is 19.2 Å². The highest BCUT2D eigenvalue weighted by Gasteiger charge is 2.31. The number of alkyl halides is 3. The Labute approximate surface area is 168 Å². The maximum Gasteiger partial charge on any atom is 0.414 e. The molecule has 0 aliphatic carbocycles. The van der Waals surface area contributed by atoms with Gasteiger partial charge in [-0.1, -0.05) is 0 Å². The summed E-state index contributed by atoms with van der Waals surface area (Å²) in [6, 6.07) is 0. The van der Waals surface area contributed by atoms with E-state index in [4.69, 9.17) is 39.6 Å².